The van der Waals surface area contributed by atoms with Gasteiger partial charge in [0.15, 0.2) is 0 Å². The molecule has 0 radical (unpaired) electrons. The van der Waals surface area contributed by atoms with E-state index in [1.807, 2.05) is 0 Å². The molecule has 11 heteroatoms. The van der Waals surface area contributed by atoms with Crippen LogP contribution in [0.15, 0.2) is 29.2 Å². The molecule has 1 saturated heterocycles. The number of hydrogen-bond acceptors (Lipinski definition) is 4. The maximum absolute atomic E-state index is 12.6. The van der Waals surface area contributed by atoms with Crippen molar-refractivity contribution in [3.8, 4) is 5.75 Å². The summed E-state index contributed by atoms with van der Waals surface area (Å²) in [5, 5.41) is 2.85. The van der Waals surface area contributed by atoms with Crippen molar-refractivity contribution >= 4 is 16.1 Å². The number of piperazine rings is 1. The van der Waals surface area contributed by atoms with Crippen molar-refractivity contribution in [3.63, 3.8) is 0 Å². The molecule has 1 N–H and O–H groups in total. The van der Waals surface area contributed by atoms with Crippen LogP contribution in [0, 0.1) is 0 Å². The molecule has 3 rings (SSSR count). The third kappa shape index (κ3) is 4.58. The van der Waals surface area contributed by atoms with Crippen LogP contribution < -0.4 is 10.1 Å². The Labute approximate surface area is 148 Å². The van der Waals surface area contributed by atoms with E-state index >= 15 is 0 Å². The number of hydrogen-bond donors (Lipinski definition) is 1. The number of nitrogens with zero attached hydrogens (tertiary/aromatic N) is 2. The molecule has 1 saturated carbocycles. The lowest BCUT2D eigenvalue weighted by atomic mass is 10.3. The van der Waals surface area contributed by atoms with Gasteiger partial charge in [-0.25, -0.2) is 13.2 Å². The number of benzene rings is 1. The summed E-state index contributed by atoms with van der Waals surface area (Å²) >= 11 is 0. The van der Waals surface area contributed by atoms with Gasteiger partial charge in [-0.05, 0) is 37.1 Å². The fourth-order valence-corrected chi connectivity index (χ4v) is 4.01. The second kappa shape index (κ2) is 6.95. The van der Waals surface area contributed by atoms with Crippen LogP contribution in [-0.2, 0) is 10.0 Å². The highest BCUT2D eigenvalue weighted by molar-refractivity contribution is 7.89. The average Bonchev–Trinajstić information content (AvgIpc) is 3.38. The van der Waals surface area contributed by atoms with Gasteiger partial charge < -0.3 is 15.0 Å². The smallest absolute Gasteiger partial charge is 0.406 e. The van der Waals surface area contributed by atoms with Crippen molar-refractivity contribution in [3.05, 3.63) is 24.3 Å². The highest BCUT2D eigenvalue weighted by atomic mass is 32.2. The van der Waals surface area contributed by atoms with Gasteiger partial charge in [0.05, 0.1) is 4.90 Å². The van der Waals surface area contributed by atoms with Crippen molar-refractivity contribution in [1.82, 2.24) is 14.5 Å². The molecule has 144 valence electrons. The predicted molar refractivity (Wildman–Crippen MR) is 85.0 cm³/mol. The summed E-state index contributed by atoms with van der Waals surface area (Å²) in [6, 6.07) is 4.09. The van der Waals surface area contributed by atoms with E-state index in [0.29, 0.717) is 0 Å². The van der Waals surface area contributed by atoms with Gasteiger partial charge in [-0.15, -0.1) is 13.2 Å². The molecule has 1 heterocycles. The summed E-state index contributed by atoms with van der Waals surface area (Å²) in [5.74, 6) is -0.488. The van der Waals surface area contributed by atoms with E-state index in [4.69, 9.17) is 0 Å². The minimum absolute atomic E-state index is 0.122. The molecule has 0 atom stereocenters. The van der Waals surface area contributed by atoms with Crippen LogP contribution in [0.3, 0.4) is 0 Å². The quantitative estimate of drug-likeness (QED) is 0.846. The minimum atomic E-state index is -4.84. The van der Waals surface area contributed by atoms with Crippen LogP contribution in [0.4, 0.5) is 18.0 Å². The Morgan fingerprint density at radius 3 is 2.15 bits per heavy atom. The molecular weight excluding hydrogens is 375 g/mol. The number of rotatable bonds is 4. The first kappa shape index (κ1) is 18.8. The van der Waals surface area contributed by atoms with Crippen LogP contribution in [0.1, 0.15) is 12.8 Å². The zero-order valence-corrected chi connectivity index (χ0v) is 14.5. The van der Waals surface area contributed by atoms with Gasteiger partial charge in [0, 0.05) is 32.2 Å². The second-order valence-electron chi connectivity index (χ2n) is 6.13. The number of halogens is 3. The zero-order valence-electron chi connectivity index (χ0n) is 13.7. The number of alkyl halides is 3. The number of carbonyl (C=O) groups is 1. The second-order valence-corrected chi connectivity index (χ2v) is 8.07. The minimum Gasteiger partial charge on any atom is -0.406 e. The summed E-state index contributed by atoms with van der Waals surface area (Å²) < 4.78 is 66.6. The van der Waals surface area contributed by atoms with E-state index in [1.165, 1.54) is 4.31 Å². The fraction of sp³-hybridized carbons (Fsp3) is 0.533. The Morgan fingerprint density at radius 1 is 1.08 bits per heavy atom. The standard InChI is InChI=1S/C15H18F3N3O4S/c16-15(17,18)25-12-3-5-13(6-4-12)26(23,24)21-9-7-20(8-10-21)14(22)19-11-1-2-11/h3-6,11H,1-2,7-10H2,(H,19,22). The molecule has 7 nitrogen and oxygen atoms in total. The molecular formula is C15H18F3N3O4S. The van der Waals surface area contributed by atoms with E-state index in [0.717, 1.165) is 37.1 Å². The summed E-state index contributed by atoms with van der Waals surface area (Å²) in [4.78, 5) is 13.4. The summed E-state index contributed by atoms with van der Waals surface area (Å²) in [6.07, 6.45) is -2.90. The number of sulfonamides is 1. The number of urea groups is 1. The molecule has 2 amide bonds. The average molecular weight is 393 g/mol. The summed E-state index contributed by atoms with van der Waals surface area (Å²) in [7, 11) is -3.84. The molecule has 2 aliphatic rings. The van der Waals surface area contributed by atoms with E-state index in [9.17, 15) is 26.4 Å². The monoisotopic (exact) mass is 393 g/mol. The number of ether oxygens (including phenoxy) is 1. The van der Waals surface area contributed by atoms with E-state index in [1.54, 1.807) is 4.90 Å². The first-order valence-corrected chi connectivity index (χ1v) is 9.50. The Bertz CT molecular complexity index is 755. The lowest BCUT2D eigenvalue weighted by Gasteiger charge is -2.34. The molecule has 1 aromatic carbocycles. The maximum Gasteiger partial charge on any atom is 0.573 e. The van der Waals surface area contributed by atoms with E-state index < -0.39 is 22.1 Å². The lowest BCUT2D eigenvalue weighted by Crippen LogP contribution is -2.53. The van der Waals surface area contributed by atoms with Crippen LogP contribution in [-0.4, -0.2) is 62.2 Å². The van der Waals surface area contributed by atoms with Gasteiger partial charge in [0.2, 0.25) is 10.0 Å². The Balaban J connectivity index is 1.60. The first-order valence-electron chi connectivity index (χ1n) is 8.06. The highest BCUT2D eigenvalue weighted by Crippen LogP contribution is 2.25. The highest BCUT2D eigenvalue weighted by Gasteiger charge is 2.33. The SMILES string of the molecule is O=C(NC1CC1)N1CCN(S(=O)(=O)c2ccc(OC(F)(F)F)cc2)CC1. The number of amides is 2. The molecule has 0 aromatic heterocycles. The van der Waals surface area contributed by atoms with Crippen molar-refractivity contribution < 1.29 is 31.1 Å². The first-order chi connectivity index (χ1) is 12.1. The van der Waals surface area contributed by atoms with Crippen LogP contribution in [0.5, 0.6) is 5.75 Å². The van der Waals surface area contributed by atoms with Crippen molar-refractivity contribution in [1.29, 1.82) is 0 Å². The van der Waals surface area contributed by atoms with Crippen LogP contribution >= 0.6 is 0 Å². The van der Waals surface area contributed by atoms with Crippen molar-refractivity contribution in [2.24, 2.45) is 0 Å². The molecule has 0 spiro atoms. The van der Waals surface area contributed by atoms with Crippen LogP contribution in [0.2, 0.25) is 0 Å². The van der Waals surface area contributed by atoms with E-state index in [-0.39, 0.29) is 43.1 Å². The molecule has 1 aromatic rings. The van der Waals surface area contributed by atoms with Gasteiger partial charge in [-0.1, -0.05) is 0 Å². The number of nitrogens with one attached hydrogen (secondary N) is 1. The fourth-order valence-electron chi connectivity index (χ4n) is 2.59. The van der Waals surface area contributed by atoms with Crippen molar-refractivity contribution in [2.75, 3.05) is 26.2 Å². The predicted octanol–water partition coefficient (Wildman–Crippen LogP) is 1.76. The summed E-state index contributed by atoms with van der Waals surface area (Å²) in [6.45, 7) is 0.766. The Hall–Kier alpha value is -2.01. The topological polar surface area (TPSA) is 79.0 Å². The van der Waals surface area contributed by atoms with E-state index in [2.05, 4.69) is 10.1 Å². The van der Waals surface area contributed by atoms with Crippen molar-refractivity contribution in [2.45, 2.75) is 30.1 Å². The molecule has 0 unspecified atom stereocenters. The largest absolute Gasteiger partial charge is 0.573 e. The third-order valence-electron chi connectivity index (χ3n) is 4.13. The molecule has 26 heavy (non-hydrogen) atoms. The molecule has 1 aliphatic carbocycles. The summed E-state index contributed by atoms with van der Waals surface area (Å²) in [5.41, 5.74) is 0. The Kier molecular flexibility index (Phi) is 5.02. The third-order valence-corrected chi connectivity index (χ3v) is 6.04. The molecule has 0 bridgehead atoms. The Morgan fingerprint density at radius 2 is 1.65 bits per heavy atom. The lowest BCUT2D eigenvalue weighted by molar-refractivity contribution is -0.274. The van der Waals surface area contributed by atoms with Gasteiger partial charge >= 0.3 is 12.4 Å². The molecule has 2 fully saturated rings. The number of carbonyl (C=O) groups excluding carboxylic acids is 1. The maximum atomic E-state index is 12.6. The zero-order chi connectivity index (χ0) is 18.9. The van der Waals surface area contributed by atoms with Gasteiger partial charge in [0.1, 0.15) is 5.75 Å². The van der Waals surface area contributed by atoms with Crippen LogP contribution in [0.25, 0.3) is 0 Å². The van der Waals surface area contributed by atoms with Gasteiger partial charge in [-0.3, -0.25) is 0 Å². The molecule has 1 aliphatic heterocycles. The van der Waals surface area contributed by atoms with Gasteiger partial charge in [-0.2, -0.15) is 4.31 Å². The van der Waals surface area contributed by atoms with Gasteiger partial charge in [0.25, 0.3) is 0 Å². The normalized spacial score (nSPS) is 19.3.